The van der Waals surface area contributed by atoms with E-state index in [2.05, 4.69) is 37.7 Å². The van der Waals surface area contributed by atoms with Gasteiger partial charge in [-0.3, -0.25) is 0 Å². The lowest BCUT2D eigenvalue weighted by Crippen LogP contribution is -2.00. The molecule has 126 valence electrons. The lowest BCUT2D eigenvalue weighted by Gasteiger charge is -2.04. The first-order chi connectivity index (χ1) is 11.6. The van der Waals surface area contributed by atoms with Gasteiger partial charge < -0.3 is 5.73 Å². The third-order valence-corrected chi connectivity index (χ3v) is 3.61. The summed E-state index contributed by atoms with van der Waals surface area (Å²) in [6, 6.07) is 0. The Kier molecular flexibility index (Phi) is 5.70. The molecule has 0 aliphatic carbocycles. The summed E-state index contributed by atoms with van der Waals surface area (Å²) < 4.78 is 1.83. The largest absolute Gasteiger partial charge is 0.333 e. The molecule has 0 aliphatic heterocycles. The van der Waals surface area contributed by atoms with Crippen LogP contribution in [0.2, 0.25) is 0 Å². The van der Waals surface area contributed by atoms with Crippen LogP contribution in [0.1, 0.15) is 29.7 Å². The third-order valence-electron chi connectivity index (χ3n) is 3.61. The zero-order valence-corrected chi connectivity index (χ0v) is 14.8. The summed E-state index contributed by atoms with van der Waals surface area (Å²) in [5.74, 6) is 0.759. The average Bonchev–Trinajstić information content (AvgIpc) is 3.03. The topological polar surface area (TPSA) is 95.4 Å². The van der Waals surface area contributed by atoms with Crippen LogP contribution in [0.3, 0.4) is 0 Å². The Balaban J connectivity index is 0.00000100. The van der Waals surface area contributed by atoms with Gasteiger partial charge >= 0.3 is 0 Å². The van der Waals surface area contributed by atoms with Gasteiger partial charge in [0, 0.05) is 18.0 Å². The first-order valence-electron chi connectivity index (χ1n) is 7.84. The molecule has 0 saturated heterocycles. The predicted molar refractivity (Wildman–Crippen MR) is 93.9 cm³/mol. The van der Waals surface area contributed by atoms with Crippen molar-refractivity contribution in [3.05, 3.63) is 47.7 Å². The molecule has 0 spiro atoms. The van der Waals surface area contributed by atoms with E-state index in [-0.39, 0.29) is 0 Å². The smallest absolute Gasteiger partial charge is 0.125 e. The fourth-order valence-corrected chi connectivity index (χ4v) is 2.40. The van der Waals surface area contributed by atoms with Crippen molar-refractivity contribution in [2.24, 2.45) is 5.73 Å². The van der Waals surface area contributed by atoms with Crippen LogP contribution in [0.4, 0.5) is 0 Å². The lowest BCUT2D eigenvalue weighted by molar-refractivity contribution is 0.820. The molecule has 7 nitrogen and oxygen atoms in total. The Morgan fingerprint density at radius 1 is 1.08 bits per heavy atom. The maximum atomic E-state index is 4.68. The molecule has 0 saturated carbocycles. The van der Waals surface area contributed by atoms with E-state index in [1.54, 1.807) is 12.5 Å². The second-order valence-electron chi connectivity index (χ2n) is 5.23. The summed E-state index contributed by atoms with van der Waals surface area (Å²) in [4.78, 5) is 17.1. The maximum absolute atomic E-state index is 4.68. The Bertz CT molecular complexity index is 824. The van der Waals surface area contributed by atoms with Crippen molar-refractivity contribution in [1.82, 2.24) is 29.7 Å². The summed E-state index contributed by atoms with van der Waals surface area (Å²) in [5.41, 5.74) is 10.3. The summed E-state index contributed by atoms with van der Waals surface area (Å²) in [7, 11) is 1.50. The molecule has 0 unspecified atom stereocenters. The minimum absolute atomic E-state index is 0.759. The second kappa shape index (κ2) is 7.74. The van der Waals surface area contributed by atoms with Gasteiger partial charge in [-0.1, -0.05) is 6.92 Å². The Hall–Kier alpha value is -2.67. The summed E-state index contributed by atoms with van der Waals surface area (Å²) in [6.07, 6.45) is 8.00. The molecule has 3 aromatic rings. The monoisotopic (exact) mass is 325 g/mol. The van der Waals surface area contributed by atoms with E-state index < -0.39 is 0 Å². The van der Waals surface area contributed by atoms with Crippen LogP contribution in [0.5, 0.6) is 0 Å². The number of nitrogens with zero attached hydrogens (tertiary/aromatic N) is 6. The van der Waals surface area contributed by atoms with Gasteiger partial charge in [-0.2, -0.15) is 5.10 Å². The van der Waals surface area contributed by atoms with E-state index >= 15 is 0 Å². The minimum atomic E-state index is 0.759. The Labute approximate surface area is 142 Å². The molecule has 0 aliphatic rings. The molecule has 0 aromatic carbocycles. The molecule has 0 fully saturated rings. The SMILES string of the molecule is CCc1nn(-c2cncnc2C)cc1-c1nc(C)ncc1C.CN. The van der Waals surface area contributed by atoms with Crippen LogP contribution in [0.25, 0.3) is 16.9 Å². The normalized spacial score (nSPS) is 10.2. The second-order valence-corrected chi connectivity index (χ2v) is 5.23. The molecular weight excluding hydrogens is 302 g/mol. The highest BCUT2D eigenvalue weighted by Gasteiger charge is 2.15. The van der Waals surface area contributed by atoms with Gasteiger partial charge in [0.15, 0.2) is 0 Å². The van der Waals surface area contributed by atoms with Crippen molar-refractivity contribution in [2.45, 2.75) is 34.1 Å². The molecule has 0 amide bonds. The number of aryl methyl sites for hydroxylation is 4. The molecule has 0 atom stereocenters. The first-order valence-corrected chi connectivity index (χ1v) is 7.84. The van der Waals surface area contributed by atoms with Crippen molar-refractivity contribution in [3.8, 4) is 16.9 Å². The fourth-order valence-electron chi connectivity index (χ4n) is 2.40. The molecule has 2 N–H and O–H groups in total. The van der Waals surface area contributed by atoms with E-state index in [9.17, 15) is 0 Å². The molecule has 3 aromatic heterocycles. The van der Waals surface area contributed by atoms with Crippen LogP contribution >= 0.6 is 0 Å². The van der Waals surface area contributed by atoms with Crippen molar-refractivity contribution in [1.29, 1.82) is 0 Å². The van der Waals surface area contributed by atoms with Gasteiger partial charge in [0.05, 0.1) is 23.3 Å². The Morgan fingerprint density at radius 2 is 1.83 bits per heavy atom. The maximum Gasteiger partial charge on any atom is 0.125 e. The van der Waals surface area contributed by atoms with Crippen LogP contribution in [-0.2, 0) is 6.42 Å². The zero-order chi connectivity index (χ0) is 17.7. The molecule has 0 radical (unpaired) electrons. The highest BCUT2D eigenvalue weighted by atomic mass is 15.3. The van der Waals surface area contributed by atoms with Gasteiger partial charge in [-0.15, -0.1) is 0 Å². The highest BCUT2D eigenvalue weighted by Crippen LogP contribution is 2.26. The molecule has 0 bridgehead atoms. The number of hydrogen-bond acceptors (Lipinski definition) is 6. The number of aromatic nitrogens is 6. The van der Waals surface area contributed by atoms with Gasteiger partial charge in [-0.25, -0.2) is 24.6 Å². The van der Waals surface area contributed by atoms with Crippen molar-refractivity contribution in [2.75, 3.05) is 7.05 Å². The summed E-state index contributed by atoms with van der Waals surface area (Å²) >= 11 is 0. The fraction of sp³-hybridized carbons (Fsp3) is 0.353. The number of hydrogen-bond donors (Lipinski definition) is 1. The van der Waals surface area contributed by atoms with Crippen molar-refractivity contribution < 1.29 is 0 Å². The Morgan fingerprint density at radius 3 is 2.50 bits per heavy atom. The van der Waals surface area contributed by atoms with E-state index in [1.807, 2.05) is 37.8 Å². The molecule has 3 heterocycles. The first kappa shape index (κ1) is 17.7. The lowest BCUT2D eigenvalue weighted by atomic mass is 10.1. The van der Waals surface area contributed by atoms with Gasteiger partial charge in [0.2, 0.25) is 0 Å². The molecule has 7 heteroatoms. The molecule has 3 rings (SSSR count). The van der Waals surface area contributed by atoms with E-state index in [1.165, 1.54) is 7.05 Å². The van der Waals surface area contributed by atoms with Gasteiger partial charge in [-0.05, 0) is 39.8 Å². The predicted octanol–water partition coefficient (Wildman–Crippen LogP) is 2.18. The van der Waals surface area contributed by atoms with Crippen LogP contribution in [0.15, 0.2) is 24.9 Å². The zero-order valence-electron chi connectivity index (χ0n) is 14.8. The minimum Gasteiger partial charge on any atom is -0.333 e. The summed E-state index contributed by atoms with van der Waals surface area (Å²) in [6.45, 7) is 7.95. The van der Waals surface area contributed by atoms with E-state index in [0.717, 1.165) is 46.1 Å². The standard InChI is InChI=1S/C16H18N6.CH5N/c1-5-14-13(16-10(2)6-18-12(4)20-16)8-22(21-14)15-7-17-9-19-11(15)3;1-2/h6-9H,5H2,1-4H3;2H2,1H3. The molecular formula is C17H23N7. The summed E-state index contributed by atoms with van der Waals surface area (Å²) in [5, 5.41) is 4.68. The van der Waals surface area contributed by atoms with Crippen LogP contribution in [0, 0.1) is 20.8 Å². The number of rotatable bonds is 3. The van der Waals surface area contributed by atoms with Crippen molar-refractivity contribution >= 4 is 0 Å². The van der Waals surface area contributed by atoms with E-state index in [0.29, 0.717) is 0 Å². The van der Waals surface area contributed by atoms with E-state index in [4.69, 9.17) is 0 Å². The molecule has 24 heavy (non-hydrogen) atoms. The van der Waals surface area contributed by atoms with Gasteiger partial charge in [0.25, 0.3) is 0 Å². The quantitative estimate of drug-likeness (QED) is 0.793. The van der Waals surface area contributed by atoms with Crippen LogP contribution in [-0.4, -0.2) is 36.8 Å². The average molecular weight is 325 g/mol. The number of nitrogens with two attached hydrogens (primary N) is 1. The van der Waals surface area contributed by atoms with Gasteiger partial charge in [0.1, 0.15) is 17.8 Å². The third kappa shape index (κ3) is 3.46. The van der Waals surface area contributed by atoms with Crippen LogP contribution < -0.4 is 5.73 Å². The highest BCUT2D eigenvalue weighted by molar-refractivity contribution is 5.65. The van der Waals surface area contributed by atoms with Crippen molar-refractivity contribution in [3.63, 3.8) is 0 Å².